The molecular weight excluding hydrogens is 765 g/mol. The standard InChI is InChI=1S/C27H29N7O3S.C6H6BFO2.C5H6BNO2.CH4/c35-23(34-12-6-27(37,7-13-34)26-29-10-14-38-26)17-33-11-5-19(16-33)25(36)30-20-1-2-22-21(15-20)24(32-31-22)18-3-8-28-9-4-18;8-6-3-1-5(2-4-6)7(9)10;8-6(9)5-1-3-7-4-2-5;/h1-4,8-10,14-15,19,37H,5-7,11-13,16-17H2,(H,30,36)(H,31,32);1-4,9-10H;1-4,8-9H;1H4/t19-;;;/m1.../s1. The molecule has 2 amide bonds. The number of aromatic amines is 1. The number of pyridine rings is 2. The Kier molecular flexibility index (Phi) is 15.3. The number of rotatable bonds is 8. The first-order chi connectivity index (χ1) is 27.5. The highest BCUT2D eigenvalue weighted by atomic mass is 32.1. The van der Waals surface area contributed by atoms with Crippen molar-refractivity contribution in [3.63, 3.8) is 0 Å². The Morgan fingerprint density at radius 1 is 0.879 bits per heavy atom. The Morgan fingerprint density at radius 2 is 1.52 bits per heavy atom. The summed E-state index contributed by atoms with van der Waals surface area (Å²) in [5.41, 5.74) is 3.18. The molecule has 15 nitrogen and oxygen atoms in total. The van der Waals surface area contributed by atoms with Gasteiger partial charge in [-0.05, 0) is 78.5 Å². The number of anilines is 1. The third-order valence-corrected chi connectivity index (χ3v) is 10.7. The van der Waals surface area contributed by atoms with Gasteiger partial charge in [-0.1, -0.05) is 19.6 Å². The maximum atomic E-state index is 13.1. The average Bonchev–Trinajstić information content (AvgIpc) is 4.02. The summed E-state index contributed by atoms with van der Waals surface area (Å²) >= 11 is 1.45. The van der Waals surface area contributed by atoms with Crippen LogP contribution in [0.1, 0.15) is 31.7 Å². The third-order valence-electron chi connectivity index (χ3n) is 9.73. The van der Waals surface area contributed by atoms with Crippen LogP contribution in [0, 0.1) is 11.7 Å². The molecule has 6 heterocycles. The van der Waals surface area contributed by atoms with E-state index in [1.807, 2.05) is 40.6 Å². The monoisotopic (exact) mass is 810 g/mol. The van der Waals surface area contributed by atoms with Crippen LogP contribution in [0.5, 0.6) is 0 Å². The Labute approximate surface area is 339 Å². The van der Waals surface area contributed by atoms with Crippen LogP contribution in [-0.2, 0) is 15.2 Å². The number of fused-ring (bicyclic) bond motifs is 1. The number of carbonyl (C=O) groups excluding carboxylic acids is 2. The number of halogens is 1. The van der Waals surface area contributed by atoms with E-state index < -0.39 is 19.8 Å². The van der Waals surface area contributed by atoms with Crippen LogP contribution in [-0.4, -0.2) is 119 Å². The normalized spacial score (nSPS) is 15.9. The van der Waals surface area contributed by atoms with Gasteiger partial charge in [-0.3, -0.25) is 29.6 Å². The first-order valence-electron chi connectivity index (χ1n) is 18.2. The molecule has 4 aromatic heterocycles. The summed E-state index contributed by atoms with van der Waals surface area (Å²) in [4.78, 5) is 41.9. The quantitative estimate of drug-likeness (QED) is 0.109. The number of hydrogen-bond acceptors (Lipinski definition) is 13. The van der Waals surface area contributed by atoms with Crippen molar-refractivity contribution in [1.82, 2.24) is 34.9 Å². The first kappa shape index (κ1) is 43.7. The highest BCUT2D eigenvalue weighted by Crippen LogP contribution is 2.34. The molecule has 6 aromatic rings. The molecule has 58 heavy (non-hydrogen) atoms. The lowest BCUT2D eigenvalue weighted by molar-refractivity contribution is -0.137. The lowest BCUT2D eigenvalue weighted by Gasteiger charge is -2.37. The SMILES string of the molecule is C.O=C(Nc1ccc2[nH]nc(-c3ccncc3)c2c1)[C@@H]1CCN(CC(=O)N2CCC(O)(c3nccs3)CC2)C1.OB(O)c1ccc(F)cc1.OB(O)c1ccncc1. The molecule has 0 unspecified atom stereocenters. The zero-order chi connectivity index (χ0) is 40.4. The number of nitrogens with zero attached hydrogens (tertiary/aromatic N) is 6. The maximum absolute atomic E-state index is 13.1. The van der Waals surface area contributed by atoms with E-state index in [1.165, 1.54) is 48.0 Å². The van der Waals surface area contributed by atoms with Crippen molar-refractivity contribution in [2.45, 2.75) is 32.3 Å². The van der Waals surface area contributed by atoms with Gasteiger partial charge in [0, 0.05) is 85.5 Å². The van der Waals surface area contributed by atoms with Crippen molar-refractivity contribution >= 4 is 64.9 Å². The van der Waals surface area contributed by atoms with Crippen molar-refractivity contribution in [3.8, 4) is 11.3 Å². The van der Waals surface area contributed by atoms with E-state index in [9.17, 15) is 19.1 Å². The molecule has 2 aromatic carbocycles. The smallest absolute Gasteiger partial charge is 0.423 e. The van der Waals surface area contributed by atoms with Gasteiger partial charge in [0.1, 0.15) is 22.1 Å². The van der Waals surface area contributed by atoms with Crippen molar-refractivity contribution < 1.29 is 39.2 Å². The summed E-state index contributed by atoms with van der Waals surface area (Å²) in [5, 5.41) is 59.1. The number of piperidine rings is 1. The van der Waals surface area contributed by atoms with E-state index >= 15 is 0 Å². The number of aliphatic hydroxyl groups is 1. The lowest BCUT2D eigenvalue weighted by atomic mass is 9.80. The fourth-order valence-electron chi connectivity index (χ4n) is 6.51. The van der Waals surface area contributed by atoms with Gasteiger partial charge >= 0.3 is 14.2 Å². The molecule has 0 radical (unpaired) electrons. The highest BCUT2D eigenvalue weighted by molar-refractivity contribution is 7.09. The number of aromatic nitrogens is 5. The number of hydrogen-bond donors (Lipinski definition) is 7. The van der Waals surface area contributed by atoms with E-state index in [4.69, 9.17) is 20.1 Å². The van der Waals surface area contributed by atoms with Crippen molar-refractivity contribution in [3.05, 3.63) is 114 Å². The topological polar surface area (TPSA) is 221 Å². The summed E-state index contributed by atoms with van der Waals surface area (Å²) in [6.07, 6.45) is 9.85. The van der Waals surface area contributed by atoms with Gasteiger partial charge in [-0.15, -0.1) is 11.3 Å². The number of nitrogens with one attached hydrogen (secondary N) is 2. The van der Waals surface area contributed by atoms with Crippen LogP contribution in [0.15, 0.2) is 103 Å². The zero-order valence-corrected chi connectivity index (χ0v) is 31.5. The number of likely N-dealkylation sites (tertiary alicyclic amines) is 2. The van der Waals surface area contributed by atoms with Crippen LogP contribution in [0.2, 0.25) is 0 Å². The summed E-state index contributed by atoms with van der Waals surface area (Å²) in [6, 6.07) is 17.6. The highest BCUT2D eigenvalue weighted by Gasteiger charge is 2.38. The van der Waals surface area contributed by atoms with E-state index in [0.29, 0.717) is 56.4 Å². The molecule has 7 N–H and O–H groups in total. The minimum absolute atomic E-state index is 0. The number of H-pyrrole nitrogens is 1. The molecule has 19 heteroatoms. The van der Waals surface area contributed by atoms with E-state index in [0.717, 1.165) is 32.9 Å². The molecule has 2 aliphatic rings. The molecule has 8 rings (SSSR count). The van der Waals surface area contributed by atoms with E-state index in [-0.39, 0.29) is 37.5 Å². The minimum atomic E-state index is -1.51. The second-order valence-corrected chi connectivity index (χ2v) is 14.5. The van der Waals surface area contributed by atoms with Crippen LogP contribution in [0.25, 0.3) is 22.2 Å². The second-order valence-electron chi connectivity index (χ2n) is 13.6. The van der Waals surface area contributed by atoms with Crippen LogP contribution >= 0.6 is 11.3 Å². The summed E-state index contributed by atoms with van der Waals surface area (Å²) < 4.78 is 12.2. The predicted molar refractivity (Wildman–Crippen MR) is 221 cm³/mol. The van der Waals surface area contributed by atoms with Gasteiger partial charge in [0.15, 0.2) is 0 Å². The molecule has 0 aliphatic carbocycles. The van der Waals surface area contributed by atoms with E-state index in [2.05, 4.69) is 35.4 Å². The largest absolute Gasteiger partial charge is 0.488 e. The fourth-order valence-corrected chi connectivity index (χ4v) is 7.31. The molecular formula is C39H45B2FN8O7S. The molecule has 2 fully saturated rings. The maximum Gasteiger partial charge on any atom is 0.488 e. The van der Waals surface area contributed by atoms with Crippen molar-refractivity contribution in [1.29, 1.82) is 0 Å². The molecule has 0 saturated carbocycles. The number of thiazole rings is 1. The average molecular weight is 811 g/mol. The summed E-state index contributed by atoms with van der Waals surface area (Å²) in [7, 11) is -2.89. The Morgan fingerprint density at radius 3 is 2.12 bits per heavy atom. The number of benzene rings is 2. The Bertz CT molecular complexity index is 2200. The fraction of sp³-hybridized carbons (Fsp3) is 0.282. The zero-order valence-electron chi connectivity index (χ0n) is 30.7. The molecule has 2 saturated heterocycles. The summed E-state index contributed by atoms with van der Waals surface area (Å²) in [6.45, 7) is 2.55. The molecule has 2 aliphatic heterocycles. The van der Waals surface area contributed by atoms with Crippen molar-refractivity contribution in [2.75, 3.05) is 38.0 Å². The third kappa shape index (κ3) is 11.4. The number of carbonyl (C=O) groups is 2. The van der Waals surface area contributed by atoms with Crippen LogP contribution in [0.3, 0.4) is 0 Å². The van der Waals surface area contributed by atoms with E-state index in [1.54, 1.807) is 30.7 Å². The molecule has 0 bridgehead atoms. The van der Waals surface area contributed by atoms with Crippen LogP contribution < -0.4 is 16.2 Å². The van der Waals surface area contributed by atoms with Gasteiger partial charge in [0.2, 0.25) is 11.8 Å². The van der Waals surface area contributed by atoms with Gasteiger partial charge in [0.25, 0.3) is 0 Å². The van der Waals surface area contributed by atoms with Gasteiger partial charge < -0.3 is 35.4 Å². The Balaban J connectivity index is 0.000000263. The second kappa shape index (κ2) is 20.3. The molecule has 302 valence electrons. The Hall–Kier alpha value is -5.40. The minimum Gasteiger partial charge on any atom is -0.423 e. The van der Waals surface area contributed by atoms with Gasteiger partial charge in [-0.2, -0.15) is 5.10 Å². The predicted octanol–water partition coefficient (Wildman–Crippen LogP) is 1.75. The van der Waals surface area contributed by atoms with Gasteiger partial charge in [0.05, 0.1) is 18.0 Å². The molecule has 0 spiro atoms. The van der Waals surface area contributed by atoms with Crippen molar-refractivity contribution in [2.24, 2.45) is 5.92 Å². The lowest BCUT2D eigenvalue weighted by Crippen LogP contribution is -2.48. The van der Waals surface area contributed by atoms with Gasteiger partial charge in [-0.25, -0.2) is 9.37 Å². The summed E-state index contributed by atoms with van der Waals surface area (Å²) in [5.74, 6) is -0.565. The molecule has 1 atom stereocenters. The van der Waals surface area contributed by atoms with Crippen LogP contribution in [0.4, 0.5) is 10.1 Å². The first-order valence-corrected chi connectivity index (χ1v) is 19.1. The number of amides is 2.